The monoisotopic (exact) mass is 453 g/mol. The third-order valence-corrected chi connectivity index (χ3v) is 6.48. The van der Waals surface area contributed by atoms with Crippen LogP contribution in [0.1, 0.15) is 57.6 Å². The van der Waals surface area contributed by atoms with Gasteiger partial charge in [-0.25, -0.2) is 9.78 Å². The number of pyridine rings is 1. The number of amides is 2. The van der Waals surface area contributed by atoms with E-state index in [4.69, 9.17) is 14.6 Å². The van der Waals surface area contributed by atoms with Crippen LogP contribution in [0.15, 0.2) is 30.5 Å². The Morgan fingerprint density at radius 2 is 2.03 bits per heavy atom. The fourth-order valence-corrected chi connectivity index (χ4v) is 4.52. The minimum Gasteiger partial charge on any atom is -0.492 e. The maximum Gasteiger partial charge on any atom is 0.405 e. The van der Waals surface area contributed by atoms with Crippen molar-refractivity contribution in [3.63, 3.8) is 0 Å². The maximum atomic E-state index is 12.8. The van der Waals surface area contributed by atoms with Crippen LogP contribution in [0.5, 0.6) is 17.4 Å². The predicted octanol–water partition coefficient (Wildman–Crippen LogP) is 5.01. The molecule has 0 unspecified atom stereocenters. The number of benzene rings is 1. The quantitative estimate of drug-likeness (QED) is 0.518. The smallest absolute Gasteiger partial charge is 0.405 e. The molecule has 1 aromatic carbocycles. The van der Waals surface area contributed by atoms with E-state index in [2.05, 4.69) is 15.6 Å². The Morgan fingerprint density at radius 3 is 2.64 bits per heavy atom. The first-order valence-corrected chi connectivity index (χ1v) is 11.4. The van der Waals surface area contributed by atoms with Gasteiger partial charge in [0.25, 0.3) is 0 Å². The van der Waals surface area contributed by atoms with E-state index in [1.807, 2.05) is 26.0 Å². The lowest BCUT2D eigenvalue weighted by molar-refractivity contribution is -0.120. The van der Waals surface area contributed by atoms with Crippen molar-refractivity contribution >= 4 is 17.7 Å². The zero-order valence-corrected chi connectivity index (χ0v) is 19.5. The highest BCUT2D eigenvalue weighted by atomic mass is 16.5. The number of carbonyl (C=O) groups excluding carboxylic acids is 1. The number of aryl methyl sites for hydroxylation is 1. The van der Waals surface area contributed by atoms with Gasteiger partial charge in [0.05, 0.1) is 18.5 Å². The summed E-state index contributed by atoms with van der Waals surface area (Å²) in [6.45, 7) is 8.20. The zero-order chi connectivity index (χ0) is 23.8. The molecule has 1 aromatic heterocycles. The second kappa shape index (κ2) is 8.57. The summed E-state index contributed by atoms with van der Waals surface area (Å²) in [6.07, 6.45) is 3.66. The second-order valence-electron chi connectivity index (χ2n) is 9.75. The van der Waals surface area contributed by atoms with E-state index < -0.39 is 11.6 Å². The summed E-state index contributed by atoms with van der Waals surface area (Å²) in [6, 6.07) is 7.45. The van der Waals surface area contributed by atoms with E-state index in [0.717, 1.165) is 35.5 Å². The third kappa shape index (κ3) is 4.89. The highest BCUT2D eigenvalue weighted by Gasteiger charge is 2.53. The summed E-state index contributed by atoms with van der Waals surface area (Å²) in [5, 5.41) is 14.3. The zero-order valence-electron chi connectivity index (χ0n) is 19.5. The Morgan fingerprint density at radius 1 is 1.27 bits per heavy atom. The fourth-order valence-electron chi connectivity index (χ4n) is 4.52. The lowest BCUT2D eigenvalue weighted by Crippen LogP contribution is -2.45. The first-order chi connectivity index (χ1) is 15.6. The van der Waals surface area contributed by atoms with Crippen LogP contribution in [-0.4, -0.2) is 34.2 Å². The maximum absolute atomic E-state index is 12.8. The Hall–Kier alpha value is -3.29. The van der Waals surface area contributed by atoms with E-state index in [0.29, 0.717) is 31.0 Å². The van der Waals surface area contributed by atoms with Gasteiger partial charge in [0.15, 0.2) is 0 Å². The Labute approximate surface area is 193 Å². The molecule has 4 rings (SSSR count). The minimum absolute atomic E-state index is 0.0863. The Balaban J connectivity index is 1.42. The van der Waals surface area contributed by atoms with Gasteiger partial charge in [-0.3, -0.25) is 4.79 Å². The van der Waals surface area contributed by atoms with Crippen molar-refractivity contribution in [2.45, 2.75) is 64.3 Å². The van der Waals surface area contributed by atoms with Crippen molar-refractivity contribution in [3.05, 3.63) is 41.6 Å². The van der Waals surface area contributed by atoms with Gasteiger partial charge in [-0.2, -0.15) is 0 Å². The molecular formula is C25H31N3O5. The standard InChI is InChI=1S/C25H31N3O5/c1-5-16(12-24(3,4)28-23(30)31)22(29)27-17-7-9-19(26-13-17)33-18-8-6-15(2)21-20(18)25(10-11-25)14-32-21/h6-9,13,16,28H,5,10-12,14H2,1-4H3,(H,27,29)(H,30,31)/t16-/m1/s1. The molecule has 0 radical (unpaired) electrons. The molecule has 1 aliphatic heterocycles. The van der Waals surface area contributed by atoms with Crippen LogP contribution in [-0.2, 0) is 10.2 Å². The number of carbonyl (C=O) groups is 2. The molecule has 8 heteroatoms. The Kier molecular flexibility index (Phi) is 5.95. The highest BCUT2D eigenvalue weighted by Crippen LogP contribution is 2.59. The van der Waals surface area contributed by atoms with E-state index in [-0.39, 0.29) is 17.2 Å². The van der Waals surface area contributed by atoms with Crippen molar-refractivity contribution in [2.75, 3.05) is 11.9 Å². The summed E-state index contributed by atoms with van der Waals surface area (Å²) in [5.41, 5.74) is 2.19. The normalized spacial score (nSPS) is 16.5. The Bertz CT molecular complexity index is 1060. The number of ether oxygens (including phenoxy) is 2. The lowest BCUT2D eigenvalue weighted by atomic mass is 9.88. The number of anilines is 1. The summed E-state index contributed by atoms with van der Waals surface area (Å²) in [5.74, 6) is 1.64. The molecule has 2 aromatic rings. The highest BCUT2D eigenvalue weighted by molar-refractivity contribution is 5.92. The van der Waals surface area contributed by atoms with E-state index in [1.54, 1.807) is 32.2 Å². The van der Waals surface area contributed by atoms with Gasteiger partial charge >= 0.3 is 6.09 Å². The van der Waals surface area contributed by atoms with E-state index in [9.17, 15) is 9.59 Å². The van der Waals surface area contributed by atoms with Crippen LogP contribution in [0, 0.1) is 12.8 Å². The molecule has 0 bridgehead atoms. The van der Waals surface area contributed by atoms with Gasteiger partial charge in [0.2, 0.25) is 11.8 Å². The largest absolute Gasteiger partial charge is 0.492 e. The topological polar surface area (TPSA) is 110 Å². The van der Waals surface area contributed by atoms with Gasteiger partial charge < -0.3 is 25.2 Å². The molecule has 2 aliphatic rings. The molecule has 33 heavy (non-hydrogen) atoms. The van der Waals surface area contributed by atoms with Crippen LogP contribution < -0.4 is 20.1 Å². The molecule has 3 N–H and O–H groups in total. The van der Waals surface area contributed by atoms with Crippen LogP contribution in [0.3, 0.4) is 0 Å². The number of nitrogens with one attached hydrogen (secondary N) is 2. The number of rotatable bonds is 8. The lowest BCUT2D eigenvalue weighted by Gasteiger charge is -2.28. The summed E-state index contributed by atoms with van der Waals surface area (Å²) < 4.78 is 12.1. The number of carboxylic acid groups (broad SMARTS) is 1. The molecular weight excluding hydrogens is 422 g/mol. The van der Waals surface area contributed by atoms with Crippen molar-refractivity contribution in [3.8, 4) is 17.4 Å². The molecule has 176 valence electrons. The summed E-state index contributed by atoms with van der Waals surface area (Å²) in [7, 11) is 0. The van der Waals surface area contributed by atoms with Crippen molar-refractivity contribution < 1.29 is 24.2 Å². The fraction of sp³-hybridized carbons (Fsp3) is 0.480. The number of hydrogen-bond donors (Lipinski definition) is 3. The van der Waals surface area contributed by atoms with Crippen LogP contribution >= 0.6 is 0 Å². The van der Waals surface area contributed by atoms with Gasteiger partial charge in [-0.05, 0) is 64.2 Å². The molecule has 0 saturated heterocycles. The first kappa shape index (κ1) is 22.9. The van der Waals surface area contributed by atoms with Gasteiger partial charge in [0, 0.05) is 28.5 Å². The predicted molar refractivity (Wildman–Crippen MR) is 124 cm³/mol. The molecule has 2 amide bonds. The van der Waals surface area contributed by atoms with Gasteiger partial charge in [-0.15, -0.1) is 0 Å². The van der Waals surface area contributed by atoms with Gasteiger partial charge in [0.1, 0.15) is 11.5 Å². The summed E-state index contributed by atoms with van der Waals surface area (Å²) in [4.78, 5) is 28.1. The second-order valence-corrected chi connectivity index (χ2v) is 9.75. The molecule has 1 aliphatic carbocycles. The first-order valence-electron chi connectivity index (χ1n) is 11.4. The van der Waals surface area contributed by atoms with Crippen molar-refractivity contribution in [1.29, 1.82) is 0 Å². The van der Waals surface area contributed by atoms with Crippen LogP contribution in [0.25, 0.3) is 0 Å². The number of hydrogen-bond acceptors (Lipinski definition) is 5. The molecule has 1 atom stereocenters. The van der Waals surface area contributed by atoms with Crippen molar-refractivity contribution in [1.82, 2.24) is 10.3 Å². The average molecular weight is 454 g/mol. The van der Waals surface area contributed by atoms with Crippen LogP contribution in [0.4, 0.5) is 10.5 Å². The minimum atomic E-state index is -1.10. The average Bonchev–Trinajstić information content (AvgIpc) is 3.42. The molecule has 8 nitrogen and oxygen atoms in total. The number of nitrogens with zero attached hydrogens (tertiary/aromatic N) is 1. The molecule has 1 fully saturated rings. The molecule has 1 saturated carbocycles. The number of fused-ring (bicyclic) bond motifs is 2. The van der Waals surface area contributed by atoms with Crippen LogP contribution in [0.2, 0.25) is 0 Å². The van der Waals surface area contributed by atoms with Crippen molar-refractivity contribution in [2.24, 2.45) is 5.92 Å². The third-order valence-electron chi connectivity index (χ3n) is 6.48. The summed E-state index contributed by atoms with van der Waals surface area (Å²) >= 11 is 0. The number of aromatic nitrogens is 1. The SMILES string of the molecule is CC[C@H](CC(C)(C)NC(=O)O)C(=O)Nc1ccc(Oc2ccc(C)c3c2C2(CC2)CO3)nc1. The van der Waals surface area contributed by atoms with Gasteiger partial charge in [-0.1, -0.05) is 13.0 Å². The molecule has 1 spiro atoms. The van der Waals surface area contributed by atoms with E-state index >= 15 is 0 Å². The molecule has 2 heterocycles. The van der Waals surface area contributed by atoms with E-state index in [1.165, 1.54) is 0 Å².